The summed E-state index contributed by atoms with van der Waals surface area (Å²) in [5, 5.41) is 2.74. The molecule has 2 aliphatic heterocycles. The predicted molar refractivity (Wildman–Crippen MR) is 88.3 cm³/mol. The summed E-state index contributed by atoms with van der Waals surface area (Å²) in [5.41, 5.74) is 1.96. The molecule has 0 unspecified atom stereocenters. The second-order valence-electron chi connectivity index (χ2n) is 5.91. The van der Waals surface area contributed by atoms with E-state index in [1.807, 2.05) is 12.1 Å². The van der Waals surface area contributed by atoms with Crippen LogP contribution >= 0.6 is 0 Å². The third-order valence-corrected chi connectivity index (χ3v) is 4.00. The number of amidine groups is 1. The van der Waals surface area contributed by atoms with Crippen LogP contribution in [0.2, 0.25) is 0 Å². The lowest BCUT2D eigenvalue weighted by Gasteiger charge is -2.06. The van der Waals surface area contributed by atoms with Crippen molar-refractivity contribution in [2.24, 2.45) is 4.99 Å². The van der Waals surface area contributed by atoms with E-state index >= 15 is 0 Å². The van der Waals surface area contributed by atoms with Crippen LogP contribution in [0.4, 0.5) is 14.5 Å². The van der Waals surface area contributed by atoms with E-state index in [0.29, 0.717) is 29.3 Å². The van der Waals surface area contributed by atoms with Crippen molar-refractivity contribution >= 4 is 17.4 Å². The van der Waals surface area contributed by atoms with Crippen molar-refractivity contribution in [1.82, 2.24) is 5.32 Å². The fourth-order valence-electron chi connectivity index (χ4n) is 2.88. The molecule has 2 heterocycles. The molecule has 1 amide bonds. The normalized spacial score (nSPS) is 16.0. The number of benzene rings is 2. The van der Waals surface area contributed by atoms with E-state index in [1.54, 1.807) is 19.2 Å². The quantitative estimate of drug-likeness (QED) is 0.914. The molecule has 6 nitrogen and oxygen atoms in total. The van der Waals surface area contributed by atoms with Gasteiger partial charge in [-0.3, -0.25) is 4.79 Å². The van der Waals surface area contributed by atoms with Crippen LogP contribution in [-0.4, -0.2) is 25.1 Å². The zero-order valence-electron chi connectivity index (χ0n) is 13.7. The highest BCUT2D eigenvalue weighted by atomic mass is 19.3. The minimum atomic E-state index is -3.66. The van der Waals surface area contributed by atoms with Crippen LogP contribution in [0.15, 0.2) is 41.4 Å². The van der Waals surface area contributed by atoms with Crippen molar-refractivity contribution in [3.63, 3.8) is 0 Å². The first-order valence-corrected chi connectivity index (χ1v) is 7.85. The molecule has 8 heteroatoms. The summed E-state index contributed by atoms with van der Waals surface area (Å²) in [4.78, 5) is 16.5. The van der Waals surface area contributed by atoms with Gasteiger partial charge in [-0.2, -0.15) is 0 Å². The summed E-state index contributed by atoms with van der Waals surface area (Å²) >= 11 is 0. The number of carbonyl (C=O) groups excluding carboxylic acids is 1. The van der Waals surface area contributed by atoms with Crippen LogP contribution in [0.25, 0.3) is 0 Å². The average Bonchev–Trinajstić information content (AvgIpc) is 3.09. The number of methoxy groups -OCH3 is 1. The maximum atomic E-state index is 13.1. The number of carbonyl (C=O) groups is 1. The lowest BCUT2D eigenvalue weighted by molar-refractivity contribution is -0.286. The molecular formula is C18H14F2N2O4. The lowest BCUT2D eigenvalue weighted by atomic mass is 10.1. The molecular weight excluding hydrogens is 346 g/mol. The molecule has 0 bridgehead atoms. The minimum absolute atomic E-state index is 0.0343. The van der Waals surface area contributed by atoms with Crippen molar-refractivity contribution in [3.8, 4) is 17.2 Å². The SMILES string of the molecule is COc1cccc(CC(=O)NC2=Nc3cc4c(cc3C2)OC(F)(F)O4)c1. The number of halogens is 2. The number of rotatable bonds is 3. The van der Waals surface area contributed by atoms with Gasteiger partial charge in [-0.05, 0) is 29.3 Å². The van der Waals surface area contributed by atoms with Crippen molar-refractivity contribution in [1.29, 1.82) is 0 Å². The van der Waals surface area contributed by atoms with E-state index in [0.717, 1.165) is 5.56 Å². The Morgan fingerprint density at radius 1 is 1.27 bits per heavy atom. The molecule has 0 saturated carbocycles. The van der Waals surface area contributed by atoms with E-state index < -0.39 is 6.29 Å². The molecule has 2 aliphatic rings. The number of aliphatic imine (C=N–C) groups is 1. The first-order chi connectivity index (χ1) is 12.4. The summed E-state index contributed by atoms with van der Waals surface area (Å²) < 4.78 is 40.1. The van der Waals surface area contributed by atoms with Gasteiger partial charge in [0.05, 0.1) is 19.2 Å². The van der Waals surface area contributed by atoms with Crippen LogP contribution in [0, 0.1) is 0 Å². The molecule has 1 N–H and O–H groups in total. The highest BCUT2D eigenvalue weighted by Crippen LogP contribution is 2.45. The summed E-state index contributed by atoms with van der Waals surface area (Å²) in [6, 6.07) is 10.0. The highest BCUT2D eigenvalue weighted by molar-refractivity contribution is 6.03. The Morgan fingerprint density at radius 3 is 2.81 bits per heavy atom. The number of nitrogens with one attached hydrogen (secondary N) is 1. The minimum Gasteiger partial charge on any atom is -0.497 e. The van der Waals surface area contributed by atoms with Crippen LogP contribution in [0.1, 0.15) is 11.1 Å². The Bertz CT molecular complexity index is 927. The zero-order valence-corrected chi connectivity index (χ0v) is 13.7. The molecule has 2 aromatic rings. The van der Waals surface area contributed by atoms with Gasteiger partial charge >= 0.3 is 6.29 Å². The first-order valence-electron chi connectivity index (χ1n) is 7.85. The second kappa shape index (κ2) is 5.98. The maximum absolute atomic E-state index is 13.1. The highest BCUT2D eigenvalue weighted by Gasteiger charge is 2.44. The van der Waals surface area contributed by atoms with Crippen LogP contribution in [-0.2, 0) is 17.6 Å². The molecule has 0 aromatic heterocycles. The molecule has 2 aromatic carbocycles. The smallest absolute Gasteiger partial charge is 0.497 e. The predicted octanol–water partition coefficient (Wildman–Crippen LogP) is 2.96. The summed E-state index contributed by atoms with van der Waals surface area (Å²) in [7, 11) is 1.56. The number of ether oxygens (including phenoxy) is 3. The van der Waals surface area contributed by atoms with Gasteiger partial charge in [0.15, 0.2) is 11.5 Å². The second-order valence-corrected chi connectivity index (χ2v) is 5.91. The molecule has 4 rings (SSSR count). The standard InChI is InChI=1S/C18H14F2N2O4/c1-24-12-4-2-3-10(5-12)6-17(23)22-16-8-11-7-14-15(9-13(11)21-16)26-18(19,20)25-14/h2-5,7,9H,6,8H2,1H3,(H,21,22,23). The zero-order chi connectivity index (χ0) is 18.3. The van der Waals surface area contributed by atoms with Gasteiger partial charge in [-0.25, -0.2) is 4.99 Å². The Kier molecular flexibility index (Phi) is 3.75. The lowest BCUT2D eigenvalue weighted by Crippen LogP contribution is -2.31. The largest absolute Gasteiger partial charge is 0.586 e. The third kappa shape index (κ3) is 3.17. The van der Waals surface area contributed by atoms with Crippen molar-refractivity contribution in [3.05, 3.63) is 47.5 Å². The van der Waals surface area contributed by atoms with Gasteiger partial charge in [-0.1, -0.05) is 12.1 Å². The Hall–Kier alpha value is -3.16. The van der Waals surface area contributed by atoms with Gasteiger partial charge in [0.2, 0.25) is 5.91 Å². The van der Waals surface area contributed by atoms with E-state index in [4.69, 9.17) is 4.74 Å². The Labute approximate surface area is 147 Å². The van der Waals surface area contributed by atoms with Gasteiger partial charge < -0.3 is 19.5 Å². The molecule has 0 saturated heterocycles. The van der Waals surface area contributed by atoms with Gasteiger partial charge in [-0.15, -0.1) is 8.78 Å². The third-order valence-electron chi connectivity index (χ3n) is 4.00. The molecule has 0 spiro atoms. The molecule has 0 aliphatic carbocycles. The van der Waals surface area contributed by atoms with Gasteiger partial charge in [0.25, 0.3) is 0 Å². The molecule has 134 valence electrons. The Balaban J connectivity index is 1.44. The number of hydrogen-bond acceptors (Lipinski definition) is 5. The van der Waals surface area contributed by atoms with E-state index in [1.165, 1.54) is 12.1 Å². The summed E-state index contributed by atoms with van der Waals surface area (Å²) in [6.07, 6.45) is -3.17. The molecule has 0 fully saturated rings. The summed E-state index contributed by atoms with van der Waals surface area (Å²) in [5.74, 6) is 0.793. The molecule has 26 heavy (non-hydrogen) atoms. The average molecular weight is 360 g/mol. The van der Waals surface area contributed by atoms with Crippen molar-refractivity contribution < 1.29 is 27.8 Å². The maximum Gasteiger partial charge on any atom is 0.586 e. The molecule has 0 atom stereocenters. The number of amides is 1. The number of fused-ring (bicyclic) bond motifs is 2. The fraction of sp³-hybridized carbons (Fsp3) is 0.222. The monoisotopic (exact) mass is 360 g/mol. The first kappa shape index (κ1) is 16.3. The van der Waals surface area contributed by atoms with Crippen LogP contribution in [0.5, 0.6) is 17.2 Å². The van der Waals surface area contributed by atoms with E-state index in [2.05, 4.69) is 19.8 Å². The number of nitrogens with zero attached hydrogens (tertiary/aromatic N) is 1. The van der Waals surface area contributed by atoms with E-state index in [-0.39, 0.29) is 23.8 Å². The van der Waals surface area contributed by atoms with Crippen LogP contribution in [0.3, 0.4) is 0 Å². The summed E-state index contributed by atoms with van der Waals surface area (Å²) in [6.45, 7) is 0. The van der Waals surface area contributed by atoms with Gasteiger partial charge in [0, 0.05) is 12.5 Å². The van der Waals surface area contributed by atoms with Gasteiger partial charge in [0.1, 0.15) is 11.6 Å². The van der Waals surface area contributed by atoms with Crippen molar-refractivity contribution in [2.45, 2.75) is 19.1 Å². The number of hydrogen-bond donors (Lipinski definition) is 1. The fourth-order valence-corrected chi connectivity index (χ4v) is 2.88. The molecule has 0 radical (unpaired) electrons. The van der Waals surface area contributed by atoms with Crippen LogP contribution < -0.4 is 19.5 Å². The van der Waals surface area contributed by atoms with Crippen molar-refractivity contribution in [2.75, 3.05) is 7.11 Å². The van der Waals surface area contributed by atoms with E-state index in [9.17, 15) is 13.6 Å². The topological polar surface area (TPSA) is 69.2 Å². The number of alkyl halides is 2. The Morgan fingerprint density at radius 2 is 2.04 bits per heavy atom.